The summed E-state index contributed by atoms with van der Waals surface area (Å²) >= 11 is 3.40. The highest BCUT2D eigenvalue weighted by molar-refractivity contribution is 9.10. The number of halogens is 1. The van der Waals surface area contributed by atoms with E-state index in [-0.39, 0.29) is 7.21 Å². The van der Waals surface area contributed by atoms with Crippen molar-refractivity contribution in [2.75, 3.05) is 18.0 Å². The zero-order valence-corrected chi connectivity index (χ0v) is 17.4. The zero-order valence-electron chi connectivity index (χ0n) is 15.8. The van der Waals surface area contributed by atoms with E-state index in [0.717, 1.165) is 29.8 Å². The Morgan fingerprint density at radius 2 is 2.00 bits per heavy atom. The van der Waals surface area contributed by atoms with Crippen LogP contribution in [0, 0.1) is 6.92 Å². The molecular weight excluding hydrogens is 414 g/mol. The second kappa shape index (κ2) is 8.23. The first-order chi connectivity index (χ1) is 13.6. The van der Waals surface area contributed by atoms with E-state index >= 15 is 0 Å². The highest BCUT2D eigenvalue weighted by atomic mass is 79.9. The molecule has 5 heteroatoms. The van der Waals surface area contributed by atoms with Crippen molar-refractivity contribution in [3.05, 3.63) is 87.8 Å². The summed E-state index contributed by atoms with van der Waals surface area (Å²) in [6, 6.07) is 18.2. The average Bonchev–Trinajstić information content (AvgIpc) is 2.76. The summed E-state index contributed by atoms with van der Waals surface area (Å²) in [5.41, 5.74) is 3.12. The van der Waals surface area contributed by atoms with Crippen LogP contribution < -0.4 is 4.90 Å². The number of pyridine rings is 2. The van der Waals surface area contributed by atoms with Crippen LogP contribution in [-0.4, -0.2) is 28.8 Å². The maximum absolute atomic E-state index is 13.0. The lowest BCUT2D eigenvalue weighted by Gasteiger charge is -2.34. The Morgan fingerprint density at radius 3 is 2.82 bits per heavy atom. The van der Waals surface area contributed by atoms with Crippen molar-refractivity contribution in [1.29, 1.82) is 0 Å². The van der Waals surface area contributed by atoms with E-state index in [1.165, 1.54) is 12.0 Å². The van der Waals surface area contributed by atoms with Gasteiger partial charge in [0.25, 0.3) is 0 Å². The van der Waals surface area contributed by atoms with Crippen molar-refractivity contribution in [1.82, 2.24) is 9.97 Å². The van der Waals surface area contributed by atoms with Gasteiger partial charge in [-0.05, 0) is 59.5 Å². The molecule has 4 rings (SSSR count). The summed E-state index contributed by atoms with van der Waals surface area (Å²) in [6.07, 6.45) is 4.00. The topological polar surface area (TPSA) is 46.1 Å². The largest absolute Gasteiger partial charge is 0.356 e. The van der Waals surface area contributed by atoms with Crippen LogP contribution in [0.25, 0.3) is 0 Å². The molecule has 0 aliphatic carbocycles. The van der Waals surface area contributed by atoms with Gasteiger partial charge in [-0.15, -0.1) is 0 Å². The number of aromatic nitrogens is 2. The minimum absolute atomic E-state index is 0. The number of carbonyl (C=O) groups excluding carboxylic acids is 1. The Morgan fingerprint density at radius 1 is 1.18 bits per heavy atom. The van der Waals surface area contributed by atoms with Crippen molar-refractivity contribution >= 4 is 27.5 Å². The molecule has 0 bridgehead atoms. The van der Waals surface area contributed by atoms with E-state index < -0.39 is 0 Å². The van der Waals surface area contributed by atoms with Gasteiger partial charge in [0.15, 0.2) is 0 Å². The molecule has 1 unspecified atom stereocenters. The summed E-state index contributed by atoms with van der Waals surface area (Å²) in [5, 5.41) is 0. The quantitative estimate of drug-likeness (QED) is 0.511. The molecule has 28 heavy (non-hydrogen) atoms. The number of anilines is 1. The molecule has 1 saturated heterocycles. The van der Waals surface area contributed by atoms with E-state index in [4.69, 9.17) is 4.98 Å². The van der Waals surface area contributed by atoms with E-state index in [0.29, 0.717) is 22.9 Å². The molecular formula is C23H24BrN3O. The van der Waals surface area contributed by atoms with Gasteiger partial charge in [-0.25, -0.2) is 4.98 Å². The third-order valence-corrected chi connectivity index (χ3v) is 5.72. The first-order valence-electron chi connectivity index (χ1n) is 9.55. The minimum Gasteiger partial charge on any atom is -0.356 e. The second-order valence-electron chi connectivity index (χ2n) is 7.19. The van der Waals surface area contributed by atoms with Gasteiger partial charge in [-0.2, -0.15) is 0 Å². The molecule has 2 aromatic heterocycles. The van der Waals surface area contributed by atoms with Crippen LogP contribution in [0.4, 0.5) is 5.82 Å². The number of hydrogen-bond acceptors (Lipinski definition) is 4. The van der Waals surface area contributed by atoms with Crippen molar-refractivity contribution < 1.29 is 6.22 Å². The highest BCUT2D eigenvalue weighted by Gasteiger charge is 2.23. The van der Waals surface area contributed by atoms with Gasteiger partial charge in [-0.3, -0.25) is 9.78 Å². The lowest BCUT2D eigenvalue weighted by Crippen LogP contribution is -2.35. The third kappa shape index (κ3) is 3.99. The smallest absolute Gasteiger partial charge is 0.213 e. The van der Waals surface area contributed by atoms with Gasteiger partial charge >= 0.3 is 0 Å². The first kappa shape index (κ1) is 18.8. The van der Waals surface area contributed by atoms with Gasteiger partial charge in [-0.1, -0.05) is 36.4 Å². The summed E-state index contributed by atoms with van der Waals surface area (Å²) in [4.78, 5) is 24.3. The number of carbonyl (C=O) groups is 1. The minimum atomic E-state index is -0.0928. The van der Waals surface area contributed by atoms with Gasteiger partial charge in [0.2, 0.25) is 5.78 Å². The molecule has 1 aromatic carbocycles. The zero-order chi connectivity index (χ0) is 19.5. The molecule has 0 saturated carbocycles. The van der Waals surface area contributed by atoms with Crippen LogP contribution in [0.1, 0.15) is 47.5 Å². The molecule has 3 heterocycles. The fraction of sp³-hybridized carbons (Fsp3) is 0.261. The molecule has 1 atom stereocenters. The van der Waals surface area contributed by atoms with E-state index in [9.17, 15) is 4.79 Å². The summed E-state index contributed by atoms with van der Waals surface area (Å²) in [6.45, 7) is 3.73. The fourth-order valence-corrected chi connectivity index (χ4v) is 4.12. The van der Waals surface area contributed by atoms with Gasteiger partial charge in [0.05, 0.1) is 0 Å². The van der Waals surface area contributed by atoms with Crippen molar-refractivity contribution in [3.63, 3.8) is 0 Å². The molecule has 4 nitrogen and oxygen atoms in total. The number of ketones is 1. The van der Waals surface area contributed by atoms with E-state index in [2.05, 4.69) is 56.1 Å². The van der Waals surface area contributed by atoms with Crippen molar-refractivity contribution in [3.8, 4) is 0 Å². The Kier molecular flexibility index (Phi) is 5.53. The molecule has 0 amide bonds. The first-order valence-corrected chi connectivity index (χ1v) is 10.3. The van der Waals surface area contributed by atoms with E-state index in [1.54, 1.807) is 12.3 Å². The van der Waals surface area contributed by atoms with Crippen molar-refractivity contribution in [2.24, 2.45) is 0 Å². The lowest BCUT2D eigenvalue weighted by atomic mass is 9.90. The second-order valence-corrected chi connectivity index (χ2v) is 8.11. The molecule has 0 radical (unpaired) electrons. The Labute approximate surface area is 175 Å². The molecule has 1 aliphatic heterocycles. The Hall–Kier alpha value is -2.53. The fourth-order valence-electron chi connectivity index (χ4n) is 3.78. The van der Waals surface area contributed by atoms with Gasteiger partial charge < -0.3 is 4.90 Å². The van der Waals surface area contributed by atoms with Gasteiger partial charge in [0, 0.05) is 42.4 Å². The molecule has 144 valence electrons. The van der Waals surface area contributed by atoms with Crippen molar-refractivity contribution in [2.45, 2.75) is 25.7 Å². The van der Waals surface area contributed by atoms with Crippen LogP contribution >= 0.6 is 15.9 Å². The summed E-state index contributed by atoms with van der Waals surface area (Å²) in [5.74, 6) is 1.27. The average molecular weight is 438 g/mol. The summed E-state index contributed by atoms with van der Waals surface area (Å²) in [7, 11) is 0. The van der Waals surface area contributed by atoms with Crippen LogP contribution in [0.3, 0.4) is 0 Å². The van der Waals surface area contributed by atoms with Crippen LogP contribution in [-0.2, 0) is 0 Å². The Balaban J connectivity index is 0.00000240. The summed E-state index contributed by atoms with van der Waals surface area (Å²) < 4.78 is 0.791. The highest BCUT2D eigenvalue weighted by Crippen LogP contribution is 2.29. The normalized spacial score (nSPS) is 16.8. The maximum atomic E-state index is 13.0. The third-order valence-electron chi connectivity index (χ3n) is 5.28. The number of benzene rings is 1. The monoisotopic (exact) mass is 437 g/mol. The predicted octanol–water partition coefficient (Wildman–Crippen LogP) is 5.41. The van der Waals surface area contributed by atoms with Gasteiger partial charge in [0.1, 0.15) is 11.5 Å². The Bertz CT molecular complexity index is 996. The standard InChI is InChI=1S/C23H22BrN3O.H2/c1-16-20(13-19(24)14-25-16)23(28)21-10-5-11-22(26-21)27-12-6-9-18(15-27)17-7-3-2-4-8-17;/h2-5,7-8,10-11,13-14,18H,6,9,12,15H2,1H3;1H. The molecule has 3 aromatic rings. The number of aryl methyl sites for hydroxylation is 1. The molecule has 1 fully saturated rings. The van der Waals surface area contributed by atoms with Crippen LogP contribution in [0.2, 0.25) is 0 Å². The number of nitrogens with zero attached hydrogens (tertiary/aromatic N) is 3. The number of hydrogen-bond donors (Lipinski definition) is 0. The maximum Gasteiger partial charge on any atom is 0.213 e. The van der Waals surface area contributed by atoms with Crippen LogP contribution in [0.5, 0.6) is 0 Å². The number of piperidine rings is 1. The predicted molar refractivity (Wildman–Crippen MR) is 117 cm³/mol. The lowest BCUT2D eigenvalue weighted by molar-refractivity contribution is 0.103. The molecule has 0 spiro atoms. The van der Waals surface area contributed by atoms with Crippen LogP contribution in [0.15, 0.2) is 65.3 Å². The SMILES string of the molecule is Cc1ncc(Br)cc1C(=O)c1cccc(N2CCCC(c3ccccc3)C2)n1.[HH]. The van der Waals surface area contributed by atoms with E-state index in [1.807, 2.05) is 25.1 Å². The number of rotatable bonds is 4. The molecule has 0 N–H and O–H groups in total. The molecule has 1 aliphatic rings.